The molecular formula is C41H50FN8O6PS. The molecule has 1 unspecified atom stereocenters. The van der Waals surface area contributed by atoms with Gasteiger partial charge in [0.2, 0.25) is 11.8 Å². The van der Waals surface area contributed by atoms with Crippen LogP contribution >= 0.6 is 19.4 Å². The number of carbonyl (C=O) groups excluding carboxylic acids is 2. The molecule has 2 aromatic heterocycles. The van der Waals surface area contributed by atoms with E-state index >= 15 is 4.39 Å². The van der Waals surface area contributed by atoms with E-state index in [0.717, 1.165) is 28.2 Å². The number of rotatable bonds is 10. The van der Waals surface area contributed by atoms with Crippen molar-refractivity contribution in [1.29, 1.82) is 0 Å². The molecular weight excluding hydrogens is 783 g/mol. The van der Waals surface area contributed by atoms with Crippen LogP contribution in [0, 0.1) is 5.82 Å². The number of para-hydroxylation sites is 1. The molecule has 6 rings (SSSR count). The molecule has 0 radical (unpaired) electrons. The monoisotopic (exact) mass is 832 g/mol. The second-order valence-corrected chi connectivity index (χ2v) is 17.0. The number of amides is 2. The summed E-state index contributed by atoms with van der Waals surface area (Å²) in [6.45, 7) is 0.710. The second kappa shape index (κ2) is 19.5. The lowest BCUT2D eigenvalue weighted by Gasteiger charge is -2.36. The molecule has 1 aliphatic rings. The lowest BCUT2D eigenvalue weighted by atomic mass is 9.98. The van der Waals surface area contributed by atoms with Crippen molar-refractivity contribution < 1.29 is 33.4 Å². The van der Waals surface area contributed by atoms with Gasteiger partial charge in [-0.3, -0.25) is 19.1 Å². The SMILES string of the molecule is CN1C(O)[C@H](CCCN)NC(=O)[C@H](CCCN)NCc2cccnc2Sc2c(F)ccc(-c3ccc(P(=O)(O)O)cc3)c2CNC(=O)[C@@H]1Cc1c[nH]c2ccccc12. The topological polar surface area (TPSA) is 232 Å². The third kappa shape index (κ3) is 10.2. The van der Waals surface area contributed by atoms with Gasteiger partial charge in [-0.2, -0.15) is 0 Å². The lowest BCUT2D eigenvalue weighted by molar-refractivity contribution is -0.133. The number of fused-ring (bicyclic) bond motifs is 3. The highest BCUT2D eigenvalue weighted by molar-refractivity contribution is 7.99. The van der Waals surface area contributed by atoms with Gasteiger partial charge in [0, 0.05) is 36.4 Å². The first-order valence-electron chi connectivity index (χ1n) is 19.2. The lowest BCUT2D eigenvalue weighted by Crippen LogP contribution is -2.59. The zero-order valence-corrected chi connectivity index (χ0v) is 33.8. The summed E-state index contributed by atoms with van der Waals surface area (Å²) in [5, 5.41) is 22.7. The molecule has 17 heteroatoms. The van der Waals surface area contributed by atoms with Gasteiger partial charge in [-0.1, -0.05) is 54.2 Å². The molecule has 5 aromatic rings. The number of aliphatic hydroxyl groups excluding tert-OH is 1. The van der Waals surface area contributed by atoms with Crippen molar-refractivity contribution in [3.63, 3.8) is 0 Å². The van der Waals surface area contributed by atoms with Gasteiger partial charge >= 0.3 is 7.60 Å². The van der Waals surface area contributed by atoms with E-state index in [-0.39, 0.29) is 35.6 Å². The van der Waals surface area contributed by atoms with Crippen LogP contribution in [-0.4, -0.2) is 86.1 Å². The van der Waals surface area contributed by atoms with Gasteiger partial charge in [0.15, 0.2) is 0 Å². The number of nitrogens with zero attached hydrogens (tertiary/aromatic N) is 2. The molecule has 4 atom stereocenters. The van der Waals surface area contributed by atoms with Crippen LogP contribution in [0.3, 0.4) is 0 Å². The van der Waals surface area contributed by atoms with Crippen molar-refractivity contribution >= 4 is 47.4 Å². The molecule has 0 bridgehead atoms. The van der Waals surface area contributed by atoms with Crippen molar-refractivity contribution in [3.8, 4) is 11.1 Å². The van der Waals surface area contributed by atoms with Gasteiger partial charge in [-0.15, -0.1) is 0 Å². The zero-order chi connectivity index (χ0) is 41.4. The van der Waals surface area contributed by atoms with Crippen LogP contribution < -0.4 is 32.7 Å². The Bertz CT molecular complexity index is 2260. The average Bonchev–Trinajstić information content (AvgIpc) is 3.63. The minimum atomic E-state index is -4.54. The Hall–Kier alpha value is -4.48. The highest BCUT2D eigenvalue weighted by Crippen LogP contribution is 2.39. The zero-order valence-electron chi connectivity index (χ0n) is 32.1. The maximum atomic E-state index is 16.2. The maximum Gasteiger partial charge on any atom is 0.356 e. The number of hydrogen-bond acceptors (Lipinski definition) is 10. The largest absolute Gasteiger partial charge is 0.376 e. The number of pyridine rings is 1. The summed E-state index contributed by atoms with van der Waals surface area (Å²) in [6.07, 6.45) is 4.02. The number of aromatic amines is 1. The van der Waals surface area contributed by atoms with Crippen molar-refractivity contribution in [3.05, 3.63) is 108 Å². The minimum Gasteiger partial charge on any atom is -0.376 e. The average molecular weight is 833 g/mol. The van der Waals surface area contributed by atoms with Crippen molar-refractivity contribution in [2.24, 2.45) is 11.5 Å². The molecule has 0 saturated heterocycles. The van der Waals surface area contributed by atoms with E-state index in [1.807, 2.05) is 36.5 Å². The van der Waals surface area contributed by atoms with Crippen LogP contribution in [0.5, 0.6) is 0 Å². The number of likely N-dealkylation sites (N-methyl/N-ethyl adjacent to an activating group) is 1. The number of benzene rings is 3. The van der Waals surface area contributed by atoms with Crippen LogP contribution in [0.1, 0.15) is 42.4 Å². The van der Waals surface area contributed by atoms with Crippen molar-refractivity contribution in [2.75, 3.05) is 20.1 Å². The molecule has 308 valence electrons. The molecule has 0 aliphatic carbocycles. The summed E-state index contributed by atoms with van der Waals surface area (Å²) >= 11 is 1.07. The normalized spacial score (nSPS) is 20.2. The van der Waals surface area contributed by atoms with Gasteiger partial charge in [0.25, 0.3) is 0 Å². The maximum absolute atomic E-state index is 16.2. The molecule has 11 N–H and O–H groups in total. The van der Waals surface area contributed by atoms with Gasteiger partial charge in [0.1, 0.15) is 17.1 Å². The Balaban J connectivity index is 1.48. The summed E-state index contributed by atoms with van der Waals surface area (Å²) in [6, 6.07) is 17.4. The summed E-state index contributed by atoms with van der Waals surface area (Å²) < 4.78 is 28.2. The number of nitrogens with two attached hydrogens (primary N) is 2. The molecule has 1 aliphatic heterocycles. The van der Waals surface area contributed by atoms with Crippen LogP contribution in [0.2, 0.25) is 0 Å². The molecule has 0 fully saturated rings. The van der Waals surface area contributed by atoms with E-state index in [1.165, 1.54) is 18.2 Å². The van der Waals surface area contributed by atoms with E-state index in [4.69, 9.17) is 11.5 Å². The fraction of sp³-hybridized carbons (Fsp3) is 0.341. The first kappa shape index (κ1) is 43.1. The molecule has 14 nitrogen and oxygen atoms in total. The molecule has 0 spiro atoms. The summed E-state index contributed by atoms with van der Waals surface area (Å²) in [7, 11) is -2.91. The van der Waals surface area contributed by atoms with Gasteiger partial charge in [-0.25, -0.2) is 9.37 Å². The number of H-pyrrole nitrogens is 1. The van der Waals surface area contributed by atoms with Gasteiger partial charge < -0.3 is 47.3 Å². The minimum absolute atomic E-state index is 0.155. The van der Waals surface area contributed by atoms with E-state index in [9.17, 15) is 29.0 Å². The predicted molar refractivity (Wildman–Crippen MR) is 222 cm³/mol. The molecule has 3 heterocycles. The van der Waals surface area contributed by atoms with E-state index in [2.05, 4.69) is 25.9 Å². The Morgan fingerprint density at radius 1 is 0.948 bits per heavy atom. The molecule has 2 amide bonds. The highest BCUT2D eigenvalue weighted by atomic mass is 32.2. The van der Waals surface area contributed by atoms with Gasteiger partial charge in [-0.05, 0) is 110 Å². The summed E-state index contributed by atoms with van der Waals surface area (Å²) in [5.74, 6) is -1.39. The summed E-state index contributed by atoms with van der Waals surface area (Å²) in [4.78, 5) is 57.8. The third-order valence-corrected chi connectivity index (χ3v) is 12.7. The number of carbonyl (C=O) groups is 2. The predicted octanol–water partition coefficient (Wildman–Crippen LogP) is 3.24. The second-order valence-electron chi connectivity index (χ2n) is 14.3. The smallest absolute Gasteiger partial charge is 0.356 e. The fourth-order valence-corrected chi connectivity index (χ4v) is 8.81. The highest BCUT2D eigenvalue weighted by Gasteiger charge is 2.35. The fourth-order valence-electron chi connectivity index (χ4n) is 7.23. The standard InChI is InChI=1S/C41H50FN8O6PS/c1-50-36(21-27-23-46-33-9-3-2-8-30(27)33)39(52)48-24-31-29(25-12-14-28(15-13-25)57(54,55)56)16-17-32(42)37(31)58-40-26(7-6-20-45-40)22-47-34(10-4-18-43)38(51)49-35(41(50)53)11-5-19-44/h2-3,6-9,12-17,20,23,34-36,41,46-47,53H,4-5,10-11,18-19,21-22,24,43-44H2,1H3,(H,48,52)(H,49,51)(H2,54,55,56)/t34-,35-,36-,41?/m0/s1. The van der Waals surface area contributed by atoms with E-state index in [1.54, 1.807) is 42.4 Å². The Labute approximate surface area is 340 Å². The van der Waals surface area contributed by atoms with Crippen molar-refractivity contribution in [1.82, 2.24) is 30.8 Å². The van der Waals surface area contributed by atoms with E-state index < -0.39 is 43.7 Å². The Morgan fingerprint density at radius 3 is 2.43 bits per heavy atom. The molecule has 3 aromatic carbocycles. The number of aromatic nitrogens is 2. The molecule has 0 saturated carbocycles. The quantitative estimate of drug-likeness (QED) is 0.0924. The number of nitrogens with one attached hydrogen (secondary N) is 4. The summed E-state index contributed by atoms with van der Waals surface area (Å²) in [5.41, 5.74) is 15.6. The van der Waals surface area contributed by atoms with Crippen molar-refractivity contribution in [2.45, 2.75) is 79.5 Å². The number of halogens is 1. The van der Waals surface area contributed by atoms with Crippen LogP contribution in [0.25, 0.3) is 22.0 Å². The first-order valence-corrected chi connectivity index (χ1v) is 21.6. The van der Waals surface area contributed by atoms with Gasteiger partial charge in [0.05, 0.1) is 28.3 Å². The number of aliphatic hydroxyl groups is 1. The first-order chi connectivity index (χ1) is 27.9. The van der Waals surface area contributed by atoms with Crippen LogP contribution in [0.15, 0.2) is 95.1 Å². The van der Waals surface area contributed by atoms with E-state index in [0.29, 0.717) is 66.1 Å². The molecule has 58 heavy (non-hydrogen) atoms. The Morgan fingerprint density at radius 2 is 1.69 bits per heavy atom. The third-order valence-electron chi connectivity index (χ3n) is 10.5. The van der Waals surface area contributed by atoms with Crippen LogP contribution in [0.4, 0.5) is 4.39 Å². The Kier molecular flexibility index (Phi) is 14.5. The number of hydrogen-bond donors (Lipinski definition) is 9. The van der Waals surface area contributed by atoms with Crippen LogP contribution in [-0.2, 0) is 33.7 Å².